The zero-order valence-electron chi connectivity index (χ0n) is 7.43. The van der Waals surface area contributed by atoms with Crippen LogP contribution in [0.5, 0.6) is 0 Å². The molecular formula is C9H15NO2. The first-order valence-corrected chi connectivity index (χ1v) is 4.47. The third kappa shape index (κ3) is 2.32. The quantitative estimate of drug-likeness (QED) is 0.640. The Morgan fingerprint density at radius 2 is 2.50 bits per heavy atom. The number of nitrogens with one attached hydrogen (secondary N) is 1. The summed E-state index contributed by atoms with van der Waals surface area (Å²) >= 11 is 0. The molecule has 0 aromatic carbocycles. The maximum absolute atomic E-state index is 11.2. The number of esters is 1. The lowest BCUT2D eigenvalue weighted by molar-refractivity contribution is -0.148. The minimum atomic E-state index is -0.123. The molecule has 0 radical (unpaired) electrons. The minimum Gasteiger partial charge on any atom is -0.466 e. The van der Waals surface area contributed by atoms with Gasteiger partial charge in [0.1, 0.15) is 0 Å². The molecule has 1 fully saturated rings. The standard InChI is InChI=1S/C9H15NO2/c1-2-12-9(11)7-4-3-5-8(10)6-7/h7,10H,2-6H2,1H3. The molecule has 1 atom stereocenters. The van der Waals surface area contributed by atoms with Gasteiger partial charge in [0.15, 0.2) is 0 Å². The Morgan fingerprint density at radius 1 is 1.75 bits per heavy atom. The molecule has 12 heavy (non-hydrogen) atoms. The number of ether oxygens (including phenoxy) is 1. The van der Waals surface area contributed by atoms with E-state index in [4.69, 9.17) is 10.1 Å². The van der Waals surface area contributed by atoms with Crippen molar-refractivity contribution in [2.24, 2.45) is 5.92 Å². The van der Waals surface area contributed by atoms with E-state index in [0.717, 1.165) is 19.3 Å². The van der Waals surface area contributed by atoms with E-state index in [1.807, 2.05) is 6.92 Å². The molecule has 0 bridgehead atoms. The van der Waals surface area contributed by atoms with E-state index in [1.165, 1.54) is 0 Å². The summed E-state index contributed by atoms with van der Waals surface area (Å²) in [4.78, 5) is 11.2. The molecule has 3 heteroatoms. The normalized spacial score (nSPS) is 23.8. The second-order valence-electron chi connectivity index (χ2n) is 3.15. The molecule has 1 rings (SSSR count). The lowest BCUT2D eigenvalue weighted by Gasteiger charge is -2.20. The van der Waals surface area contributed by atoms with Crippen LogP contribution in [0.25, 0.3) is 0 Å². The van der Waals surface area contributed by atoms with Crippen LogP contribution in [0, 0.1) is 11.3 Å². The topological polar surface area (TPSA) is 50.2 Å². The Labute approximate surface area is 72.6 Å². The first-order valence-electron chi connectivity index (χ1n) is 4.47. The van der Waals surface area contributed by atoms with E-state index in [9.17, 15) is 4.79 Å². The van der Waals surface area contributed by atoms with E-state index in [1.54, 1.807) is 0 Å². The number of hydrogen-bond acceptors (Lipinski definition) is 3. The molecular weight excluding hydrogens is 154 g/mol. The first-order chi connectivity index (χ1) is 5.74. The van der Waals surface area contributed by atoms with Crippen molar-refractivity contribution in [1.29, 1.82) is 5.41 Å². The lowest BCUT2D eigenvalue weighted by atomic mass is 9.88. The zero-order valence-corrected chi connectivity index (χ0v) is 7.43. The lowest BCUT2D eigenvalue weighted by Crippen LogP contribution is -2.24. The predicted molar refractivity (Wildman–Crippen MR) is 46.3 cm³/mol. The van der Waals surface area contributed by atoms with E-state index >= 15 is 0 Å². The fourth-order valence-electron chi connectivity index (χ4n) is 1.52. The molecule has 1 N–H and O–H groups in total. The van der Waals surface area contributed by atoms with Gasteiger partial charge in [-0.05, 0) is 32.6 Å². The summed E-state index contributed by atoms with van der Waals surface area (Å²) in [5, 5.41) is 7.44. The van der Waals surface area contributed by atoms with Crippen LogP contribution in [0.4, 0.5) is 0 Å². The molecule has 3 nitrogen and oxygen atoms in total. The summed E-state index contributed by atoms with van der Waals surface area (Å²) in [5.74, 6) is -0.159. The average Bonchev–Trinajstić information content (AvgIpc) is 2.05. The summed E-state index contributed by atoms with van der Waals surface area (Å²) < 4.78 is 4.89. The fraction of sp³-hybridized carbons (Fsp3) is 0.778. The van der Waals surface area contributed by atoms with Gasteiger partial charge in [0.05, 0.1) is 12.5 Å². The third-order valence-electron chi connectivity index (χ3n) is 2.14. The van der Waals surface area contributed by atoms with Gasteiger partial charge in [0, 0.05) is 5.71 Å². The number of hydrogen-bond donors (Lipinski definition) is 1. The molecule has 0 spiro atoms. The smallest absolute Gasteiger partial charge is 0.309 e. The van der Waals surface area contributed by atoms with Crippen LogP contribution in [0.3, 0.4) is 0 Å². The van der Waals surface area contributed by atoms with Crippen molar-refractivity contribution in [3.8, 4) is 0 Å². The van der Waals surface area contributed by atoms with Gasteiger partial charge < -0.3 is 10.1 Å². The molecule has 1 aliphatic rings. The summed E-state index contributed by atoms with van der Waals surface area (Å²) in [6, 6.07) is 0. The Bertz CT molecular complexity index is 189. The summed E-state index contributed by atoms with van der Waals surface area (Å²) in [7, 11) is 0. The van der Waals surface area contributed by atoms with Gasteiger partial charge in [-0.25, -0.2) is 0 Å². The number of carbonyl (C=O) groups is 1. The summed E-state index contributed by atoms with van der Waals surface area (Å²) in [6.45, 7) is 2.26. The van der Waals surface area contributed by atoms with E-state index in [2.05, 4.69) is 0 Å². The van der Waals surface area contributed by atoms with Gasteiger partial charge in [0.2, 0.25) is 0 Å². The average molecular weight is 169 g/mol. The van der Waals surface area contributed by atoms with Crippen LogP contribution in [-0.2, 0) is 9.53 Å². The van der Waals surface area contributed by atoms with Crippen molar-refractivity contribution in [3.05, 3.63) is 0 Å². The molecule has 1 saturated carbocycles. The van der Waals surface area contributed by atoms with Crippen LogP contribution in [0.15, 0.2) is 0 Å². The highest BCUT2D eigenvalue weighted by Gasteiger charge is 2.24. The highest BCUT2D eigenvalue weighted by molar-refractivity contribution is 5.87. The van der Waals surface area contributed by atoms with Gasteiger partial charge in [-0.2, -0.15) is 0 Å². The van der Waals surface area contributed by atoms with Gasteiger partial charge in [0.25, 0.3) is 0 Å². The third-order valence-corrected chi connectivity index (χ3v) is 2.14. The van der Waals surface area contributed by atoms with Crippen LogP contribution >= 0.6 is 0 Å². The van der Waals surface area contributed by atoms with Gasteiger partial charge in [-0.3, -0.25) is 4.79 Å². The SMILES string of the molecule is CCOC(=O)C1CCCC(=N)C1. The van der Waals surface area contributed by atoms with E-state index < -0.39 is 0 Å². The van der Waals surface area contributed by atoms with E-state index in [-0.39, 0.29) is 11.9 Å². The molecule has 0 amide bonds. The Balaban J connectivity index is 2.40. The van der Waals surface area contributed by atoms with Crippen LogP contribution in [0.2, 0.25) is 0 Å². The van der Waals surface area contributed by atoms with E-state index in [0.29, 0.717) is 18.7 Å². The second kappa shape index (κ2) is 4.24. The molecule has 68 valence electrons. The molecule has 0 aromatic heterocycles. The first kappa shape index (κ1) is 9.23. The van der Waals surface area contributed by atoms with Crippen molar-refractivity contribution < 1.29 is 9.53 Å². The predicted octanol–water partition coefficient (Wildman–Crippen LogP) is 1.76. The highest BCUT2D eigenvalue weighted by atomic mass is 16.5. The van der Waals surface area contributed by atoms with Crippen molar-refractivity contribution in [2.45, 2.75) is 32.6 Å². The van der Waals surface area contributed by atoms with Crippen molar-refractivity contribution in [1.82, 2.24) is 0 Å². The monoisotopic (exact) mass is 169 g/mol. The Kier molecular flexibility index (Phi) is 3.26. The second-order valence-corrected chi connectivity index (χ2v) is 3.15. The van der Waals surface area contributed by atoms with Crippen LogP contribution < -0.4 is 0 Å². The fourth-order valence-corrected chi connectivity index (χ4v) is 1.52. The van der Waals surface area contributed by atoms with Gasteiger partial charge >= 0.3 is 5.97 Å². The van der Waals surface area contributed by atoms with Gasteiger partial charge in [-0.15, -0.1) is 0 Å². The number of rotatable bonds is 2. The molecule has 0 aliphatic heterocycles. The summed E-state index contributed by atoms with van der Waals surface area (Å²) in [5.41, 5.74) is 0.694. The maximum atomic E-state index is 11.2. The van der Waals surface area contributed by atoms with Crippen molar-refractivity contribution >= 4 is 11.7 Å². The van der Waals surface area contributed by atoms with Gasteiger partial charge in [-0.1, -0.05) is 0 Å². The molecule has 1 unspecified atom stereocenters. The maximum Gasteiger partial charge on any atom is 0.309 e. The van der Waals surface area contributed by atoms with Crippen molar-refractivity contribution in [3.63, 3.8) is 0 Å². The Morgan fingerprint density at radius 3 is 3.08 bits per heavy atom. The Hall–Kier alpha value is -0.860. The summed E-state index contributed by atoms with van der Waals surface area (Å²) in [6.07, 6.45) is 3.32. The largest absolute Gasteiger partial charge is 0.466 e. The zero-order chi connectivity index (χ0) is 8.97. The molecule has 1 aliphatic carbocycles. The van der Waals surface area contributed by atoms with Crippen molar-refractivity contribution in [2.75, 3.05) is 6.61 Å². The minimum absolute atomic E-state index is 0.0359. The molecule has 0 heterocycles. The highest BCUT2D eigenvalue weighted by Crippen LogP contribution is 2.22. The van der Waals surface area contributed by atoms with Crippen LogP contribution in [-0.4, -0.2) is 18.3 Å². The molecule has 0 aromatic rings. The number of carbonyl (C=O) groups excluding carboxylic acids is 1. The van der Waals surface area contributed by atoms with Crippen LogP contribution in [0.1, 0.15) is 32.6 Å². The molecule has 0 saturated heterocycles.